The van der Waals surface area contributed by atoms with Crippen molar-refractivity contribution < 1.29 is 9.53 Å². The average molecular weight is 503 g/mol. The van der Waals surface area contributed by atoms with Crippen molar-refractivity contribution in [3.8, 4) is 21.8 Å². The van der Waals surface area contributed by atoms with Gasteiger partial charge in [-0.05, 0) is 62.5 Å². The van der Waals surface area contributed by atoms with Gasteiger partial charge in [-0.25, -0.2) is 14.5 Å². The molecule has 0 radical (unpaired) electrons. The molecule has 2 saturated heterocycles. The van der Waals surface area contributed by atoms with Crippen LogP contribution in [0.15, 0.2) is 48.1 Å². The molecule has 0 saturated carbocycles. The summed E-state index contributed by atoms with van der Waals surface area (Å²) in [5.74, 6) is 0.962. The molecule has 0 aliphatic carbocycles. The second kappa shape index (κ2) is 9.72. The molecule has 0 N–H and O–H groups in total. The molecule has 9 heteroatoms. The number of ether oxygens (including phenoxy) is 1. The van der Waals surface area contributed by atoms with Crippen LogP contribution in [0.3, 0.4) is 0 Å². The van der Waals surface area contributed by atoms with E-state index in [1.54, 1.807) is 29.2 Å². The molecule has 4 aromatic rings. The highest BCUT2D eigenvalue weighted by molar-refractivity contribution is 7.13. The summed E-state index contributed by atoms with van der Waals surface area (Å²) < 4.78 is 7.23. The fourth-order valence-electron chi connectivity index (χ4n) is 5.15. The first kappa shape index (κ1) is 23.3. The molecule has 2 aliphatic rings. The molecule has 4 aromatic heterocycles. The average Bonchev–Trinajstić information content (AvgIpc) is 3.62. The van der Waals surface area contributed by atoms with Crippen LogP contribution >= 0.6 is 11.3 Å². The highest BCUT2D eigenvalue weighted by Gasteiger charge is 2.29. The lowest BCUT2D eigenvalue weighted by Crippen LogP contribution is -2.52. The Hall–Kier alpha value is -3.14. The molecule has 0 spiro atoms. The number of pyridine rings is 1. The van der Waals surface area contributed by atoms with Crippen LogP contribution in [-0.2, 0) is 4.74 Å². The molecule has 186 valence electrons. The van der Waals surface area contributed by atoms with Gasteiger partial charge in [0.15, 0.2) is 11.4 Å². The lowest BCUT2D eigenvalue weighted by Gasteiger charge is -2.39. The van der Waals surface area contributed by atoms with Crippen LogP contribution in [0.4, 0.5) is 5.82 Å². The normalized spacial score (nSPS) is 18.7. The highest BCUT2D eigenvalue weighted by Crippen LogP contribution is 2.31. The third-order valence-electron chi connectivity index (χ3n) is 7.43. The van der Waals surface area contributed by atoms with Crippen molar-refractivity contribution in [3.05, 3.63) is 53.7 Å². The number of hydrogen-bond donors (Lipinski definition) is 0. The summed E-state index contributed by atoms with van der Waals surface area (Å²) >= 11 is 1.66. The first-order valence-electron chi connectivity index (χ1n) is 12.5. The number of methoxy groups -OCH3 is 1. The molecule has 0 aromatic carbocycles. The molecule has 8 nitrogen and oxygen atoms in total. The zero-order valence-electron chi connectivity index (χ0n) is 20.6. The molecule has 36 heavy (non-hydrogen) atoms. The molecule has 0 bridgehead atoms. The van der Waals surface area contributed by atoms with E-state index < -0.39 is 0 Å². The SMILES string of the molecule is COC1CN(c2cc(C(=O)CC[C@@H]3CCCN3C)cc(-c3cnn4ccc(-c5cccs5)nc34)n2)C1. The minimum Gasteiger partial charge on any atom is -0.378 e. The maximum Gasteiger partial charge on any atom is 0.165 e. The van der Waals surface area contributed by atoms with Gasteiger partial charge in [0.1, 0.15) is 5.82 Å². The third-order valence-corrected chi connectivity index (χ3v) is 8.33. The van der Waals surface area contributed by atoms with Crippen LogP contribution in [0.5, 0.6) is 0 Å². The number of likely N-dealkylation sites (tertiary alicyclic amines) is 1. The van der Waals surface area contributed by atoms with Crippen LogP contribution in [0.25, 0.3) is 27.5 Å². The first-order chi connectivity index (χ1) is 17.6. The fraction of sp³-hybridized carbons (Fsp3) is 0.407. The summed E-state index contributed by atoms with van der Waals surface area (Å²) in [6.07, 6.45) is 7.72. The number of thiophene rings is 1. The van der Waals surface area contributed by atoms with E-state index in [4.69, 9.17) is 14.7 Å². The molecular weight excluding hydrogens is 472 g/mol. The molecule has 6 heterocycles. The van der Waals surface area contributed by atoms with E-state index in [0.717, 1.165) is 59.3 Å². The minimum atomic E-state index is 0.160. The van der Waals surface area contributed by atoms with E-state index in [2.05, 4.69) is 28.0 Å². The molecule has 1 atom stereocenters. The van der Waals surface area contributed by atoms with Gasteiger partial charge in [-0.3, -0.25) is 4.79 Å². The van der Waals surface area contributed by atoms with Crippen molar-refractivity contribution in [2.24, 2.45) is 0 Å². The van der Waals surface area contributed by atoms with Crippen molar-refractivity contribution in [1.82, 2.24) is 24.5 Å². The lowest BCUT2D eigenvalue weighted by molar-refractivity contribution is 0.0783. The van der Waals surface area contributed by atoms with E-state index in [-0.39, 0.29) is 11.9 Å². The summed E-state index contributed by atoms with van der Waals surface area (Å²) in [7, 11) is 3.89. The third kappa shape index (κ3) is 4.42. The van der Waals surface area contributed by atoms with Gasteiger partial charge in [0.05, 0.1) is 34.1 Å². The molecular formula is C27H30N6O2S. The van der Waals surface area contributed by atoms with Crippen LogP contribution in [0.2, 0.25) is 0 Å². The Morgan fingerprint density at radius 1 is 1.19 bits per heavy atom. The Morgan fingerprint density at radius 3 is 2.83 bits per heavy atom. The fourth-order valence-corrected chi connectivity index (χ4v) is 5.84. The van der Waals surface area contributed by atoms with Crippen molar-refractivity contribution in [2.45, 2.75) is 37.8 Å². The standard InChI is InChI=1S/C27H30N6O2S/c1-31-10-3-5-19(31)7-8-24(34)18-13-23(29-26(14-18)32-16-20(17-32)35-2)21-15-28-33-11-9-22(30-27(21)33)25-6-4-12-36-25/h4,6,9,11-15,19-20H,3,5,7-8,10,16-17H2,1-2H3/t19-/m0/s1. The summed E-state index contributed by atoms with van der Waals surface area (Å²) in [5, 5.41) is 6.56. The number of fused-ring (bicyclic) bond motifs is 1. The van der Waals surface area contributed by atoms with Gasteiger partial charge >= 0.3 is 0 Å². The van der Waals surface area contributed by atoms with E-state index in [1.165, 1.54) is 12.8 Å². The quantitative estimate of drug-likeness (QED) is 0.330. The van der Waals surface area contributed by atoms with Crippen LogP contribution in [0.1, 0.15) is 36.0 Å². The second-order valence-electron chi connectivity index (χ2n) is 9.72. The van der Waals surface area contributed by atoms with E-state index in [9.17, 15) is 4.79 Å². The monoisotopic (exact) mass is 502 g/mol. The largest absolute Gasteiger partial charge is 0.378 e. The van der Waals surface area contributed by atoms with Gasteiger partial charge in [-0.15, -0.1) is 11.3 Å². The summed E-state index contributed by atoms with van der Waals surface area (Å²) in [5.41, 5.74) is 3.88. The van der Waals surface area contributed by atoms with Crippen molar-refractivity contribution >= 4 is 28.6 Å². The van der Waals surface area contributed by atoms with Gasteiger partial charge < -0.3 is 14.5 Å². The number of ketones is 1. The molecule has 2 aliphatic heterocycles. The number of Topliss-reactive ketones (excluding diaryl/α,β-unsaturated/α-hetero) is 1. The zero-order chi connectivity index (χ0) is 24.6. The highest BCUT2D eigenvalue weighted by atomic mass is 32.1. The Kier molecular flexibility index (Phi) is 6.29. The zero-order valence-corrected chi connectivity index (χ0v) is 21.4. The van der Waals surface area contributed by atoms with Crippen molar-refractivity contribution in [1.29, 1.82) is 0 Å². The summed E-state index contributed by atoms with van der Waals surface area (Å²) in [6, 6.07) is 10.4. The van der Waals surface area contributed by atoms with Crippen LogP contribution < -0.4 is 4.90 Å². The van der Waals surface area contributed by atoms with Gasteiger partial charge in [0, 0.05) is 44.4 Å². The van der Waals surface area contributed by atoms with Gasteiger partial charge in [-0.2, -0.15) is 5.10 Å². The summed E-state index contributed by atoms with van der Waals surface area (Å²) in [6.45, 7) is 2.65. The molecule has 6 rings (SSSR count). The number of carbonyl (C=O) groups is 1. The topological polar surface area (TPSA) is 75.9 Å². The number of nitrogens with zero attached hydrogens (tertiary/aromatic N) is 6. The number of hydrogen-bond acceptors (Lipinski definition) is 8. The number of anilines is 1. The maximum atomic E-state index is 13.4. The first-order valence-corrected chi connectivity index (χ1v) is 13.4. The van der Waals surface area contributed by atoms with Crippen molar-refractivity contribution in [3.63, 3.8) is 0 Å². The predicted octanol–water partition coefficient (Wildman–Crippen LogP) is 4.41. The second-order valence-corrected chi connectivity index (χ2v) is 10.7. The number of rotatable bonds is 8. The van der Waals surface area contributed by atoms with Gasteiger partial charge in [0.25, 0.3) is 0 Å². The molecule has 0 amide bonds. The van der Waals surface area contributed by atoms with Gasteiger partial charge in [-0.1, -0.05) is 6.07 Å². The maximum absolute atomic E-state index is 13.4. The Labute approximate surface area is 214 Å². The molecule has 2 fully saturated rings. The minimum absolute atomic E-state index is 0.160. The Bertz CT molecular complexity index is 1380. The van der Waals surface area contributed by atoms with E-state index in [1.807, 2.05) is 35.8 Å². The lowest BCUT2D eigenvalue weighted by atomic mass is 10.0. The Morgan fingerprint density at radius 2 is 2.08 bits per heavy atom. The smallest absolute Gasteiger partial charge is 0.165 e. The number of aromatic nitrogens is 4. The number of carbonyl (C=O) groups excluding carboxylic acids is 1. The molecule has 0 unspecified atom stereocenters. The van der Waals surface area contributed by atoms with Crippen molar-refractivity contribution in [2.75, 3.05) is 38.7 Å². The van der Waals surface area contributed by atoms with E-state index >= 15 is 0 Å². The van der Waals surface area contributed by atoms with Crippen LogP contribution in [-0.4, -0.2) is 76.2 Å². The predicted molar refractivity (Wildman–Crippen MR) is 142 cm³/mol. The van der Waals surface area contributed by atoms with Gasteiger partial charge in [0.2, 0.25) is 0 Å². The van der Waals surface area contributed by atoms with E-state index in [0.29, 0.717) is 18.0 Å². The Balaban J connectivity index is 1.35. The van der Waals surface area contributed by atoms with Crippen LogP contribution in [0, 0.1) is 0 Å². The summed E-state index contributed by atoms with van der Waals surface area (Å²) in [4.78, 5) is 28.9.